The van der Waals surface area contributed by atoms with Gasteiger partial charge in [0.15, 0.2) is 0 Å². The minimum Gasteiger partial charge on any atom is -0.327 e. The van der Waals surface area contributed by atoms with Gasteiger partial charge >= 0.3 is 5.97 Å². The second kappa shape index (κ2) is 5.54. The number of anilines is 1. The van der Waals surface area contributed by atoms with Crippen LogP contribution in [0.1, 0.15) is 5.56 Å². The number of halogens is 1. The molecule has 4 nitrogen and oxygen atoms in total. The molecule has 1 aliphatic rings. The normalized spacial score (nSPS) is 16.4. The number of para-hydroxylation sites is 1. The van der Waals surface area contributed by atoms with Crippen molar-refractivity contribution in [2.75, 3.05) is 5.06 Å². The third-order valence-corrected chi connectivity index (χ3v) is 3.51. The fourth-order valence-corrected chi connectivity index (χ4v) is 2.21. The van der Waals surface area contributed by atoms with E-state index in [0.29, 0.717) is 5.69 Å². The molecular formula is C16H10BrNO3. The van der Waals surface area contributed by atoms with Crippen LogP contribution in [0.2, 0.25) is 0 Å². The molecule has 0 saturated carbocycles. The number of benzene rings is 2. The maximum absolute atomic E-state index is 12.3. The van der Waals surface area contributed by atoms with E-state index in [-0.39, 0.29) is 5.57 Å². The molecule has 0 bridgehead atoms. The van der Waals surface area contributed by atoms with E-state index < -0.39 is 11.9 Å². The fourth-order valence-electron chi connectivity index (χ4n) is 1.95. The molecule has 1 saturated heterocycles. The summed E-state index contributed by atoms with van der Waals surface area (Å²) in [5, 5.41) is 1.01. The molecule has 5 heteroatoms. The van der Waals surface area contributed by atoms with Gasteiger partial charge in [-0.25, -0.2) is 4.79 Å². The van der Waals surface area contributed by atoms with Crippen LogP contribution in [0.4, 0.5) is 5.69 Å². The average molecular weight is 344 g/mol. The zero-order valence-corrected chi connectivity index (χ0v) is 12.4. The largest absolute Gasteiger partial charge is 0.369 e. The average Bonchev–Trinajstić information content (AvgIpc) is 2.78. The van der Waals surface area contributed by atoms with E-state index in [1.54, 1.807) is 24.3 Å². The van der Waals surface area contributed by atoms with Crippen LogP contribution in [0.15, 0.2) is 64.6 Å². The Morgan fingerprint density at radius 1 is 0.952 bits per heavy atom. The van der Waals surface area contributed by atoms with Gasteiger partial charge in [-0.1, -0.05) is 46.3 Å². The van der Waals surface area contributed by atoms with E-state index in [0.717, 1.165) is 15.1 Å². The molecule has 1 heterocycles. The molecular weight excluding hydrogens is 334 g/mol. The van der Waals surface area contributed by atoms with Gasteiger partial charge < -0.3 is 4.84 Å². The Hall–Kier alpha value is -2.40. The topological polar surface area (TPSA) is 46.6 Å². The molecule has 1 aliphatic heterocycles. The summed E-state index contributed by atoms with van der Waals surface area (Å²) >= 11 is 3.33. The number of nitrogens with zero attached hydrogens (tertiary/aromatic N) is 1. The first-order valence-electron chi connectivity index (χ1n) is 6.24. The summed E-state index contributed by atoms with van der Waals surface area (Å²) in [5.74, 6) is -1.11. The first-order chi connectivity index (χ1) is 10.1. The van der Waals surface area contributed by atoms with Crippen molar-refractivity contribution in [3.05, 3.63) is 70.2 Å². The summed E-state index contributed by atoms with van der Waals surface area (Å²) in [6.07, 6.45) is 1.53. The van der Waals surface area contributed by atoms with Crippen LogP contribution in [0.5, 0.6) is 0 Å². The third kappa shape index (κ3) is 2.73. The fraction of sp³-hybridized carbons (Fsp3) is 0. The maximum Gasteiger partial charge on any atom is 0.369 e. The highest BCUT2D eigenvalue weighted by Crippen LogP contribution is 2.25. The second-order valence-corrected chi connectivity index (χ2v) is 5.34. The van der Waals surface area contributed by atoms with Gasteiger partial charge in [0, 0.05) is 4.47 Å². The van der Waals surface area contributed by atoms with Crippen molar-refractivity contribution in [3.8, 4) is 0 Å². The predicted octanol–water partition coefficient (Wildman–Crippen LogP) is 3.34. The maximum atomic E-state index is 12.3. The SMILES string of the molecule is O=C1ON(c2ccccc2)C(=O)C1=Cc1ccc(Br)cc1. The monoisotopic (exact) mass is 343 g/mol. The molecule has 0 atom stereocenters. The number of hydrogen-bond acceptors (Lipinski definition) is 3. The van der Waals surface area contributed by atoms with Crippen LogP contribution >= 0.6 is 15.9 Å². The van der Waals surface area contributed by atoms with E-state index in [9.17, 15) is 9.59 Å². The zero-order chi connectivity index (χ0) is 14.8. The van der Waals surface area contributed by atoms with Gasteiger partial charge in [-0.05, 0) is 35.9 Å². The van der Waals surface area contributed by atoms with Crippen LogP contribution in [0.25, 0.3) is 6.08 Å². The van der Waals surface area contributed by atoms with Crippen molar-refractivity contribution >= 4 is 39.6 Å². The molecule has 21 heavy (non-hydrogen) atoms. The standard InChI is InChI=1S/C16H10BrNO3/c17-12-8-6-11(7-9-12)10-14-15(19)18(21-16(14)20)13-4-2-1-3-5-13/h1-10H. The van der Waals surface area contributed by atoms with Crippen LogP contribution in [0, 0.1) is 0 Å². The highest BCUT2D eigenvalue weighted by molar-refractivity contribution is 9.10. The summed E-state index contributed by atoms with van der Waals surface area (Å²) in [6.45, 7) is 0. The molecule has 0 aliphatic carbocycles. The van der Waals surface area contributed by atoms with E-state index >= 15 is 0 Å². The van der Waals surface area contributed by atoms with Crippen molar-refractivity contribution in [3.63, 3.8) is 0 Å². The van der Waals surface area contributed by atoms with Crippen molar-refractivity contribution in [2.24, 2.45) is 0 Å². The molecule has 0 N–H and O–H groups in total. The van der Waals surface area contributed by atoms with Crippen molar-refractivity contribution in [1.82, 2.24) is 0 Å². The summed E-state index contributed by atoms with van der Waals surface area (Å²) in [6, 6.07) is 16.1. The minimum atomic E-state index is -0.647. The molecule has 2 aromatic carbocycles. The van der Waals surface area contributed by atoms with Gasteiger partial charge in [0.05, 0.1) is 5.69 Å². The number of hydroxylamine groups is 1. The first-order valence-corrected chi connectivity index (χ1v) is 7.03. The van der Waals surface area contributed by atoms with E-state index in [4.69, 9.17) is 4.84 Å². The van der Waals surface area contributed by atoms with Crippen molar-refractivity contribution in [2.45, 2.75) is 0 Å². The zero-order valence-electron chi connectivity index (χ0n) is 10.8. The molecule has 0 spiro atoms. The minimum absolute atomic E-state index is 0.0150. The first kappa shape index (κ1) is 13.6. The van der Waals surface area contributed by atoms with Crippen LogP contribution in [-0.4, -0.2) is 11.9 Å². The number of amides is 1. The van der Waals surface area contributed by atoms with Crippen molar-refractivity contribution in [1.29, 1.82) is 0 Å². The Kier molecular flexibility index (Phi) is 3.58. The number of rotatable bonds is 2. The van der Waals surface area contributed by atoms with Crippen molar-refractivity contribution < 1.29 is 14.4 Å². The number of hydrogen-bond donors (Lipinski definition) is 0. The predicted molar refractivity (Wildman–Crippen MR) is 82.1 cm³/mol. The quantitative estimate of drug-likeness (QED) is 0.620. The lowest BCUT2D eigenvalue weighted by atomic mass is 10.1. The summed E-state index contributed by atoms with van der Waals surface area (Å²) < 4.78 is 0.927. The van der Waals surface area contributed by atoms with E-state index in [1.807, 2.05) is 30.3 Å². The molecule has 0 radical (unpaired) electrons. The molecule has 0 aromatic heterocycles. The number of carbonyl (C=O) groups excluding carboxylic acids is 2. The highest BCUT2D eigenvalue weighted by atomic mass is 79.9. The molecule has 2 aromatic rings. The van der Waals surface area contributed by atoms with E-state index in [2.05, 4.69) is 15.9 Å². The Bertz CT molecular complexity index is 723. The third-order valence-electron chi connectivity index (χ3n) is 2.98. The van der Waals surface area contributed by atoms with Gasteiger partial charge in [0.2, 0.25) is 0 Å². The Morgan fingerprint density at radius 2 is 1.62 bits per heavy atom. The molecule has 104 valence electrons. The summed E-state index contributed by atoms with van der Waals surface area (Å²) in [5.41, 5.74) is 1.30. The Balaban J connectivity index is 1.92. The molecule has 1 fully saturated rings. The number of carbonyl (C=O) groups is 2. The molecule has 1 amide bonds. The summed E-state index contributed by atoms with van der Waals surface area (Å²) in [7, 11) is 0. The lowest BCUT2D eigenvalue weighted by molar-refractivity contribution is -0.137. The van der Waals surface area contributed by atoms with Crippen LogP contribution < -0.4 is 5.06 Å². The van der Waals surface area contributed by atoms with Gasteiger partial charge in [0.25, 0.3) is 5.91 Å². The second-order valence-electron chi connectivity index (χ2n) is 4.42. The lowest BCUT2D eigenvalue weighted by Crippen LogP contribution is -2.22. The van der Waals surface area contributed by atoms with Crippen LogP contribution in [0.3, 0.4) is 0 Å². The van der Waals surface area contributed by atoms with Gasteiger partial charge in [-0.2, -0.15) is 0 Å². The lowest BCUT2D eigenvalue weighted by Gasteiger charge is -2.11. The van der Waals surface area contributed by atoms with Crippen LogP contribution in [-0.2, 0) is 14.4 Å². The highest BCUT2D eigenvalue weighted by Gasteiger charge is 2.37. The molecule has 3 rings (SSSR count). The summed E-state index contributed by atoms with van der Waals surface area (Å²) in [4.78, 5) is 29.2. The molecule has 0 unspecified atom stereocenters. The van der Waals surface area contributed by atoms with Gasteiger partial charge in [-0.15, -0.1) is 5.06 Å². The van der Waals surface area contributed by atoms with Gasteiger partial charge in [-0.3, -0.25) is 4.79 Å². The van der Waals surface area contributed by atoms with Gasteiger partial charge in [0.1, 0.15) is 5.57 Å². The smallest absolute Gasteiger partial charge is 0.327 e. The Morgan fingerprint density at radius 3 is 2.29 bits per heavy atom. The van der Waals surface area contributed by atoms with E-state index in [1.165, 1.54) is 6.08 Å². The Labute approximate surface area is 129 Å².